The minimum atomic E-state index is -3.57. The molecule has 1 saturated heterocycles. The van der Waals surface area contributed by atoms with E-state index in [1.807, 2.05) is 28.9 Å². The summed E-state index contributed by atoms with van der Waals surface area (Å²) >= 11 is 1.38. The molecule has 120 valence electrons. The van der Waals surface area contributed by atoms with Crippen LogP contribution in [0.4, 0.5) is 0 Å². The molecule has 7 heteroatoms. The van der Waals surface area contributed by atoms with Crippen LogP contribution in [0.15, 0.2) is 51.0 Å². The van der Waals surface area contributed by atoms with Gasteiger partial charge in [0.1, 0.15) is 0 Å². The van der Waals surface area contributed by atoms with Crippen molar-refractivity contribution >= 4 is 32.1 Å². The molecule has 1 N–H and O–H groups in total. The lowest BCUT2D eigenvalue weighted by molar-refractivity contribution is 0.452. The highest BCUT2D eigenvalue weighted by atomic mass is 32.2. The molecule has 0 spiro atoms. The van der Waals surface area contributed by atoms with Gasteiger partial charge in [-0.1, -0.05) is 12.1 Å². The highest BCUT2D eigenvalue weighted by Crippen LogP contribution is 2.29. The van der Waals surface area contributed by atoms with Crippen molar-refractivity contribution in [1.82, 2.24) is 15.1 Å². The van der Waals surface area contributed by atoms with Crippen LogP contribution >= 0.6 is 11.3 Å². The molecule has 1 atom stereocenters. The second kappa shape index (κ2) is 5.74. The maximum absolute atomic E-state index is 12.9. The Morgan fingerprint density at radius 2 is 2.17 bits per heavy atom. The number of para-hydroxylation sites is 1. The third-order valence-corrected chi connectivity index (χ3v) is 6.80. The molecule has 1 unspecified atom stereocenters. The molecule has 0 saturated carbocycles. The van der Waals surface area contributed by atoms with Crippen LogP contribution < -0.4 is 5.32 Å². The van der Waals surface area contributed by atoms with E-state index in [1.165, 1.54) is 11.3 Å². The topological polar surface area (TPSA) is 64.0 Å². The number of sulfone groups is 1. The molecule has 1 aromatic carbocycles. The van der Waals surface area contributed by atoms with Crippen molar-refractivity contribution in [2.24, 2.45) is 5.92 Å². The Labute approximate surface area is 138 Å². The zero-order valence-corrected chi connectivity index (χ0v) is 14.1. The average molecular weight is 347 g/mol. The first-order chi connectivity index (χ1) is 11.2. The fourth-order valence-corrected chi connectivity index (χ4v) is 5.48. The predicted molar refractivity (Wildman–Crippen MR) is 90.5 cm³/mol. The number of benzene rings is 1. The molecule has 0 bridgehead atoms. The molecular weight excluding hydrogens is 330 g/mol. The molecule has 1 aliphatic heterocycles. The van der Waals surface area contributed by atoms with Gasteiger partial charge in [-0.25, -0.2) is 8.42 Å². The zero-order valence-electron chi connectivity index (χ0n) is 12.5. The fourth-order valence-electron chi connectivity index (χ4n) is 3.07. The fraction of sp³-hybridized carbons (Fsp3) is 0.312. The van der Waals surface area contributed by atoms with Gasteiger partial charge in [-0.2, -0.15) is 16.4 Å². The first-order valence-corrected chi connectivity index (χ1v) is 10.0. The van der Waals surface area contributed by atoms with Crippen LogP contribution in [0.25, 0.3) is 10.9 Å². The van der Waals surface area contributed by atoms with Crippen LogP contribution in [-0.4, -0.2) is 31.3 Å². The second-order valence-corrected chi connectivity index (χ2v) is 8.47. The van der Waals surface area contributed by atoms with Gasteiger partial charge < -0.3 is 5.32 Å². The van der Waals surface area contributed by atoms with E-state index in [9.17, 15) is 8.42 Å². The highest BCUT2D eigenvalue weighted by Gasteiger charge is 2.26. The van der Waals surface area contributed by atoms with E-state index < -0.39 is 9.84 Å². The van der Waals surface area contributed by atoms with Crippen molar-refractivity contribution < 1.29 is 8.42 Å². The molecule has 1 fully saturated rings. The van der Waals surface area contributed by atoms with Gasteiger partial charge in [0.15, 0.2) is 5.03 Å². The van der Waals surface area contributed by atoms with E-state index in [0.717, 1.165) is 31.6 Å². The molecule has 4 rings (SSSR count). The van der Waals surface area contributed by atoms with Crippen molar-refractivity contribution in [2.75, 3.05) is 13.1 Å². The Hall–Kier alpha value is -1.70. The van der Waals surface area contributed by atoms with E-state index in [2.05, 4.69) is 10.4 Å². The quantitative estimate of drug-likeness (QED) is 0.788. The predicted octanol–water partition coefficient (Wildman–Crippen LogP) is 2.54. The first-order valence-electron chi connectivity index (χ1n) is 7.60. The molecule has 23 heavy (non-hydrogen) atoms. The van der Waals surface area contributed by atoms with Crippen LogP contribution in [0.3, 0.4) is 0 Å². The van der Waals surface area contributed by atoms with Crippen molar-refractivity contribution in [3.63, 3.8) is 0 Å². The smallest absolute Gasteiger partial charge is 0.227 e. The number of nitrogens with zero attached hydrogens (tertiary/aromatic N) is 2. The molecule has 0 radical (unpaired) electrons. The molecule has 0 amide bonds. The van der Waals surface area contributed by atoms with E-state index in [1.54, 1.807) is 16.8 Å². The van der Waals surface area contributed by atoms with Gasteiger partial charge in [0.2, 0.25) is 9.84 Å². The minimum Gasteiger partial charge on any atom is -0.316 e. The Morgan fingerprint density at radius 1 is 1.30 bits per heavy atom. The van der Waals surface area contributed by atoms with Crippen LogP contribution in [0, 0.1) is 5.92 Å². The Morgan fingerprint density at radius 3 is 2.91 bits per heavy atom. The Kier molecular flexibility index (Phi) is 3.71. The summed E-state index contributed by atoms with van der Waals surface area (Å²) in [6.07, 6.45) is 1.10. The average Bonchev–Trinajstić information content (AvgIpc) is 3.29. The summed E-state index contributed by atoms with van der Waals surface area (Å²) in [6.45, 7) is 2.72. The Bertz CT molecular complexity index is 924. The number of hydrogen-bond acceptors (Lipinski definition) is 5. The van der Waals surface area contributed by atoms with Crippen molar-refractivity contribution in [3.05, 3.63) is 41.1 Å². The monoisotopic (exact) mass is 347 g/mol. The molecule has 2 aromatic heterocycles. The lowest BCUT2D eigenvalue weighted by atomic mass is 10.1. The number of aromatic nitrogens is 2. The number of nitrogens with one attached hydrogen (secondary N) is 1. The van der Waals surface area contributed by atoms with E-state index in [4.69, 9.17) is 0 Å². The lowest BCUT2D eigenvalue weighted by Crippen LogP contribution is -2.15. The van der Waals surface area contributed by atoms with E-state index in [0.29, 0.717) is 16.2 Å². The molecule has 3 heterocycles. The summed E-state index contributed by atoms with van der Waals surface area (Å²) in [6, 6.07) is 9.20. The summed E-state index contributed by atoms with van der Waals surface area (Å²) < 4.78 is 27.6. The third-order valence-electron chi connectivity index (χ3n) is 4.28. The van der Waals surface area contributed by atoms with E-state index >= 15 is 0 Å². The molecule has 0 aliphatic carbocycles. The van der Waals surface area contributed by atoms with Gasteiger partial charge in [0.05, 0.1) is 10.4 Å². The summed E-state index contributed by atoms with van der Waals surface area (Å²) in [5.41, 5.74) is 0.883. The van der Waals surface area contributed by atoms with Crippen LogP contribution in [-0.2, 0) is 16.4 Å². The summed E-state index contributed by atoms with van der Waals surface area (Å²) in [5.74, 6) is 0.495. The standard InChI is InChI=1S/C16H17N3O2S2/c20-23(21,13-6-8-22-11-13)16-14-3-1-2-4-15(14)19(18-16)10-12-5-7-17-9-12/h1-4,6,8,11-12,17H,5,7,9-10H2. The van der Waals surface area contributed by atoms with Gasteiger partial charge in [-0.3, -0.25) is 4.68 Å². The number of rotatable bonds is 4. The molecule has 5 nitrogen and oxygen atoms in total. The summed E-state index contributed by atoms with van der Waals surface area (Å²) in [5, 5.41) is 12.1. The van der Waals surface area contributed by atoms with Gasteiger partial charge in [-0.15, -0.1) is 0 Å². The van der Waals surface area contributed by atoms with Gasteiger partial charge >= 0.3 is 0 Å². The minimum absolute atomic E-state index is 0.164. The van der Waals surface area contributed by atoms with Crippen LogP contribution in [0.1, 0.15) is 6.42 Å². The highest BCUT2D eigenvalue weighted by molar-refractivity contribution is 7.91. The SMILES string of the molecule is O=S(=O)(c1ccsc1)c1nn(CC2CCNC2)c2ccccc12. The third kappa shape index (κ3) is 2.58. The molecule has 1 aliphatic rings. The first kappa shape index (κ1) is 14.9. The molecular formula is C16H17N3O2S2. The Balaban J connectivity index is 1.84. The second-order valence-electron chi connectivity index (χ2n) is 5.83. The van der Waals surface area contributed by atoms with Crippen LogP contribution in [0.5, 0.6) is 0 Å². The lowest BCUT2D eigenvalue weighted by Gasteiger charge is -2.09. The van der Waals surface area contributed by atoms with Gasteiger partial charge in [0, 0.05) is 17.3 Å². The largest absolute Gasteiger partial charge is 0.316 e. The zero-order chi connectivity index (χ0) is 15.9. The van der Waals surface area contributed by atoms with Crippen molar-refractivity contribution in [3.8, 4) is 0 Å². The summed E-state index contributed by atoms with van der Waals surface area (Å²) in [7, 11) is -3.57. The molecule has 3 aromatic rings. The number of hydrogen-bond donors (Lipinski definition) is 1. The van der Waals surface area contributed by atoms with Gasteiger partial charge in [-0.05, 0) is 49.0 Å². The summed E-state index contributed by atoms with van der Waals surface area (Å²) in [4.78, 5) is 0.320. The maximum Gasteiger partial charge on any atom is 0.227 e. The maximum atomic E-state index is 12.9. The van der Waals surface area contributed by atoms with E-state index in [-0.39, 0.29) is 5.03 Å². The number of thiophene rings is 1. The van der Waals surface area contributed by atoms with Crippen molar-refractivity contribution in [2.45, 2.75) is 22.9 Å². The number of fused-ring (bicyclic) bond motifs is 1. The van der Waals surface area contributed by atoms with Crippen molar-refractivity contribution in [1.29, 1.82) is 0 Å². The normalized spacial score (nSPS) is 18.7. The van der Waals surface area contributed by atoms with Gasteiger partial charge in [0.25, 0.3) is 0 Å². The van der Waals surface area contributed by atoms with Crippen LogP contribution in [0.2, 0.25) is 0 Å².